The molecule has 1 aliphatic carbocycles. The molecule has 0 saturated heterocycles. The highest BCUT2D eigenvalue weighted by atomic mass is 16.5. The Morgan fingerprint density at radius 1 is 1.06 bits per heavy atom. The number of aromatic nitrogens is 1. The molecule has 2 aromatic rings. The molecule has 1 fully saturated rings. The van der Waals surface area contributed by atoms with E-state index < -0.39 is 0 Å². The van der Waals surface area contributed by atoms with Crippen molar-refractivity contribution in [2.45, 2.75) is 57.4 Å². The Balaban J connectivity index is 1.57. The standard InChI is InChI=1S/C25H32N4O3/c30-23(27-19-10-3-4-11-19)18-29-16-7-1-2-8-17-32-22-14-6-5-13-21(22)28-24-20(25(29)31)12-9-15-26-24/h5-6,9,12-15,19H,1-4,7-8,10-11,16-18H2,(H,26,28)(H,27,30). The van der Waals surface area contributed by atoms with Crippen LogP contribution in [0.25, 0.3) is 0 Å². The number of fused-ring (bicyclic) bond motifs is 2. The lowest BCUT2D eigenvalue weighted by Crippen LogP contribution is -2.44. The summed E-state index contributed by atoms with van der Waals surface area (Å²) in [5, 5.41) is 6.38. The van der Waals surface area contributed by atoms with Gasteiger partial charge < -0.3 is 20.3 Å². The minimum atomic E-state index is -0.183. The van der Waals surface area contributed by atoms with Crippen molar-refractivity contribution in [2.75, 3.05) is 25.0 Å². The lowest BCUT2D eigenvalue weighted by Gasteiger charge is -2.25. The van der Waals surface area contributed by atoms with Crippen LogP contribution in [-0.4, -0.2) is 47.4 Å². The van der Waals surface area contributed by atoms with Crippen LogP contribution >= 0.6 is 0 Å². The summed E-state index contributed by atoms with van der Waals surface area (Å²) in [6.45, 7) is 1.26. The van der Waals surface area contributed by atoms with Gasteiger partial charge in [0.05, 0.1) is 24.4 Å². The van der Waals surface area contributed by atoms with Gasteiger partial charge in [0.25, 0.3) is 5.91 Å². The van der Waals surface area contributed by atoms with Crippen molar-refractivity contribution >= 4 is 23.3 Å². The number of amides is 2. The van der Waals surface area contributed by atoms with E-state index in [2.05, 4.69) is 15.6 Å². The first-order valence-electron chi connectivity index (χ1n) is 11.7. The summed E-state index contributed by atoms with van der Waals surface area (Å²) < 4.78 is 5.97. The van der Waals surface area contributed by atoms with Gasteiger partial charge >= 0.3 is 0 Å². The van der Waals surface area contributed by atoms with Crippen LogP contribution in [-0.2, 0) is 4.79 Å². The number of ether oxygens (including phenoxy) is 1. The molecule has 2 heterocycles. The SMILES string of the molecule is O=C(CN1CCCCCCOc2ccccc2Nc2ncccc2C1=O)NC1CCCC1. The number of hydrogen-bond donors (Lipinski definition) is 2. The zero-order valence-corrected chi connectivity index (χ0v) is 18.5. The summed E-state index contributed by atoms with van der Waals surface area (Å²) in [6.07, 6.45) is 9.81. The smallest absolute Gasteiger partial charge is 0.258 e. The number of benzene rings is 1. The Kier molecular flexibility index (Phi) is 7.59. The number of pyridine rings is 1. The minimum absolute atomic E-state index is 0.0728. The highest BCUT2D eigenvalue weighted by Crippen LogP contribution is 2.29. The fourth-order valence-corrected chi connectivity index (χ4v) is 4.38. The molecule has 7 heteroatoms. The van der Waals surface area contributed by atoms with Gasteiger partial charge in [-0.25, -0.2) is 4.98 Å². The maximum atomic E-state index is 13.5. The van der Waals surface area contributed by atoms with Crippen LogP contribution in [0.4, 0.5) is 11.5 Å². The predicted octanol–water partition coefficient (Wildman–Crippen LogP) is 4.28. The minimum Gasteiger partial charge on any atom is -0.491 e. The van der Waals surface area contributed by atoms with Gasteiger partial charge in [-0.15, -0.1) is 0 Å². The fourth-order valence-electron chi connectivity index (χ4n) is 4.38. The van der Waals surface area contributed by atoms with Crippen LogP contribution in [0, 0.1) is 0 Å². The highest BCUT2D eigenvalue weighted by molar-refractivity contribution is 6.01. The zero-order valence-electron chi connectivity index (χ0n) is 18.5. The fraction of sp³-hybridized carbons (Fsp3) is 0.480. The molecular weight excluding hydrogens is 404 g/mol. The van der Waals surface area contributed by atoms with Crippen molar-refractivity contribution in [1.29, 1.82) is 0 Å². The normalized spacial score (nSPS) is 18.0. The number of para-hydroxylation sites is 2. The van der Waals surface area contributed by atoms with E-state index in [1.165, 1.54) is 0 Å². The maximum Gasteiger partial charge on any atom is 0.258 e. The first kappa shape index (κ1) is 22.1. The molecule has 0 bridgehead atoms. The number of rotatable bonds is 3. The number of carbonyl (C=O) groups excluding carboxylic acids is 2. The molecule has 1 aromatic heterocycles. The molecule has 2 amide bonds. The van der Waals surface area contributed by atoms with Gasteiger partial charge in [-0.05, 0) is 49.9 Å². The van der Waals surface area contributed by atoms with Crippen molar-refractivity contribution in [1.82, 2.24) is 15.2 Å². The summed E-state index contributed by atoms with van der Waals surface area (Å²) in [5.41, 5.74) is 1.22. The topological polar surface area (TPSA) is 83.6 Å². The van der Waals surface area contributed by atoms with E-state index in [9.17, 15) is 9.59 Å². The van der Waals surface area contributed by atoms with Crippen LogP contribution in [0.5, 0.6) is 5.75 Å². The van der Waals surface area contributed by atoms with E-state index >= 15 is 0 Å². The molecule has 1 saturated carbocycles. The molecular formula is C25H32N4O3. The van der Waals surface area contributed by atoms with Gasteiger partial charge in [0, 0.05) is 18.8 Å². The predicted molar refractivity (Wildman–Crippen MR) is 124 cm³/mol. The van der Waals surface area contributed by atoms with Crippen LogP contribution in [0.2, 0.25) is 0 Å². The number of nitrogens with zero attached hydrogens (tertiary/aromatic N) is 2. The molecule has 32 heavy (non-hydrogen) atoms. The van der Waals surface area contributed by atoms with Gasteiger partial charge in [-0.1, -0.05) is 37.8 Å². The van der Waals surface area contributed by atoms with Crippen molar-refractivity contribution < 1.29 is 14.3 Å². The summed E-state index contributed by atoms with van der Waals surface area (Å²) in [7, 11) is 0. The van der Waals surface area contributed by atoms with Crippen LogP contribution in [0.15, 0.2) is 42.6 Å². The molecule has 1 aromatic carbocycles. The molecule has 0 unspecified atom stereocenters. The molecule has 1 aliphatic heterocycles. The van der Waals surface area contributed by atoms with E-state index in [1.807, 2.05) is 24.3 Å². The number of carbonyl (C=O) groups is 2. The third-order valence-electron chi connectivity index (χ3n) is 6.10. The van der Waals surface area contributed by atoms with E-state index in [0.29, 0.717) is 24.5 Å². The number of hydrogen-bond acceptors (Lipinski definition) is 5. The first-order chi connectivity index (χ1) is 15.7. The van der Waals surface area contributed by atoms with E-state index in [4.69, 9.17) is 4.74 Å². The maximum absolute atomic E-state index is 13.5. The van der Waals surface area contributed by atoms with Crippen molar-refractivity contribution in [2.24, 2.45) is 0 Å². The van der Waals surface area contributed by atoms with Gasteiger partial charge in [0.15, 0.2) is 0 Å². The first-order valence-corrected chi connectivity index (χ1v) is 11.7. The zero-order chi connectivity index (χ0) is 22.2. The second-order valence-corrected chi connectivity index (χ2v) is 8.56. The van der Waals surface area contributed by atoms with E-state index in [-0.39, 0.29) is 24.4 Å². The second kappa shape index (κ2) is 11.0. The van der Waals surface area contributed by atoms with Crippen molar-refractivity contribution in [3.05, 3.63) is 48.2 Å². The van der Waals surface area contributed by atoms with E-state index in [1.54, 1.807) is 23.2 Å². The van der Waals surface area contributed by atoms with Crippen LogP contribution < -0.4 is 15.4 Å². The molecule has 0 atom stereocenters. The number of nitrogens with one attached hydrogen (secondary N) is 2. The Morgan fingerprint density at radius 2 is 1.88 bits per heavy atom. The Bertz CT molecular complexity index is 927. The second-order valence-electron chi connectivity index (χ2n) is 8.56. The summed E-state index contributed by atoms with van der Waals surface area (Å²) in [4.78, 5) is 32.3. The van der Waals surface area contributed by atoms with Gasteiger partial charge in [-0.3, -0.25) is 9.59 Å². The van der Waals surface area contributed by atoms with Gasteiger partial charge in [-0.2, -0.15) is 0 Å². The van der Waals surface area contributed by atoms with Gasteiger partial charge in [0.2, 0.25) is 5.91 Å². The molecule has 0 radical (unpaired) electrons. The molecule has 2 N–H and O–H groups in total. The average Bonchev–Trinajstić information content (AvgIpc) is 3.31. The molecule has 2 aliphatic rings. The Hall–Kier alpha value is -3.09. The van der Waals surface area contributed by atoms with Crippen LogP contribution in [0.1, 0.15) is 61.7 Å². The Morgan fingerprint density at radius 3 is 2.75 bits per heavy atom. The Labute approximate surface area is 189 Å². The van der Waals surface area contributed by atoms with Crippen molar-refractivity contribution in [3.8, 4) is 5.75 Å². The lowest BCUT2D eigenvalue weighted by atomic mass is 10.1. The third kappa shape index (κ3) is 5.78. The lowest BCUT2D eigenvalue weighted by molar-refractivity contribution is -0.122. The molecule has 4 rings (SSSR count). The quantitative estimate of drug-likeness (QED) is 0.750. The monoisotopic (exact) mass is 436 g/mol. The third-order valence-corrected chi connectivity index (χ3v) is 6.10. The van der Waals surface area contributed by atoms with E-state index in [0.717, 1.165) is 62.8 Å². The van der Waals surface area contributed by atoms with Crippen molar-refractivity contribution in [3.63, 3.8) is 0 Å². The summed E-state index contributed by atoms with van der Waals surface area (Å²) in [6, 6.07) is 11.4. The summed E-state index contributed by atoms with van der Waals surface area (Å²) >= 11 is 0. The molecule has 7 nitrogen and oxygen atoms in total. The summed E-state index contributed by atoms with van der Waals surface area (Å²) in [5.74, 6) is 0.939. The average molecular weight is 437 g/mol. The number of anilines is 2. The molecule has 170 valence electrons. The largest absolute Gasteiger partial charge is 0.491 e. The highest BCUT2D eigenvalue weighted by Gasteiger charge is 2.24. The molecule has 0 spiro atoms. The van der Waals surface area contributed by atoms with Gasteiger partial charge in [0.1, 0.15) is 11.6 Å². The van der Waals surface area contributed by atoms with Crippen LogP contribution in [0.3, 0.4) is 0 Å².